The summed E-state index contributed by atoms with van der Waals surface area (Å²) in [5.41, 5.74) is 5.74. The SMILES string of the molecule is CCC(CC)(CN)CNC(=O)Oc1ccccc1. The summed E-state index contributed by atoms with van der Waals surface area (Å²) in [6.07, 6.45) is 1.44. The van der Waals surface area contributed by atoms with Gasteiger partial charge in [-0.05, 0) is 36.9 Å². The summed E-state index contributed by atoms with van der Waals surface area (Å²) in [6.45, 7) is 5.27. The molecule has 0 aliphatic rings. The number of benzene rings is 1. The molecule has 0 heterocycles. The molecule has 0 spiro atoms. The lowest BCUT2D eigenvalue weighted by Crippen LogP contribution is -2.42. The van der Waals surface area contributed by atoms with Crippen molar-refractivity contribution in [2.24, 2.45) is 11.1 Å². The second-order valence-corrected chi connectivity index (χ2v) is 4.47. The highest BCUT2D eigenvalue weighted by atomic mass is 16.6. The minimum atomic E-state index is -0.430. The van der Waals surface area contributed by atoms with Crippen molar-refractivity contribution in [1.29, 1.82) is 0 Å². The van der Waals surface area contributed by atoms with E-state index in [4.69, 9.17) is 10.5 Å². The van der Waals surface area contributed by atoms with Gasteiger partial charge in [0.05, 0.1) is 0 Å². The third kappa shape index (κ3) is 4.04. The van der Waals surface area contributed by atoms with Crippen LogP contribution in [0, 0.1) is 5.41 Å². The van der Waals surface area contributed by atoms with Gasteiger partial charge in [0.2, 0.25) is 0 Å². The molecule has 1 aromatic carbocycles. The van der Waals surface area contributed by atoms with Crippen molar-refractivity contribution in [3.05, 3.63) is 30.3 Å². The van der Waals surface area contributed by atoms with Gasteiger partial charge in [-0.25, -0.2) is 4.79 Å². The Morgan fingerprint density at radius 1 is 1.28 bits per heavy atom. The van der Waals surface area contributed by atoms with Gasteiger partial charge in [0, 0.05) is 6.54 Å². The predicted octanol–water partition coefficient (Wildman–Crippen LogP) is 2.54. The van der Waals surface area contributed by atoms with E-state index >= 15 is 0 Å². The number of para-hydroxylation sites is 1. The highest BCUT2D eigenvalue weighted by Crippen LogP contribution is 2.23. The maximum Gasteiger partial charge on any atom is 0.412 e. The molecule has 1 amide bonds. The number of nitrogens with two attached hydrogens (primary N) is 1. The van der Waals surface area contributed by atoms with E-state index in [0.717, 1.165) is 12.8 Å². The number of nitrogens with one attached hydrogen (secondary N) is 1. The highest BCUT2D eigenvalue weighted by Gasteiger charge is 2.25. The molecule has 0 atom stereocenters. The fraction of sp³-hybridized carbons (Fsp3) is 0.500. The lowest BCUT2D eigenvalue weighted by Gasteiger charge is -2.29. The van der Waals surface area contributed by atoms with Crippen molar-refractivity contribution in [1.82, 2.24) is 5.32 Å². The second-order valence-electron chi connectivity index (χ2n) is 4.47. The van der Waals surface area contributed by atoms with Gasteiger partial charge in [-0.3, -0.25) is 0 Å². The van der Waals surface area contributed by atoms with E-state index < -0.39 is 6.09 Å². The summed E-state index contributed by atoms with van der Waals surface area (Å²) in [5.74, 6) is 0.543. The van der Waals surface area contributed by atoms with Crippen LogP contribution >= 0.6 is 0 Å². The van der Waals surface area contributed by atoms with Crippen molar-refractivity contribution in [3.63, 3.8) is 0 Å². The molecule has 0 aliphatic heterocycles. The minimum Gasteiger partial charge on any atom is -0.410 e. The Balaban J connectivity index is 2.46. The Hall–Kier alpha value is -1.55. The van der Waals surface area contributed by atoms with Crippen molar-refractivity contribution >= 4 is 6.09 Å². The molecule has 4 nitrogen and oxygen atoms in total. The van der Waals surface area contributed by atoms with Crippen LogP contribution in [0.5, 0.6) is 5.75 Å². The Morgan fingerprint density at radius 3 is 2.39 bits per heavy atom. The fourth-order valence-electron chi connectivity index (χ4n) is 1.75. The number of rotatable bonds is 6. The van der Waals surface area contributed by atoms with Crippen LogP contribution in [0.2, 0.25) is 0 Å². The Kier molecular flexibility index (Phi) is 5.65. The molecule has 3 N–H and O–H groups in total. The standard InChI is InChI=1S/C14H22N2O2/c1-3-14(4-2,10-15)11-16-13(17)18-12-8-6-5-7-9-12/h5-9H,3-4,10-11,15H2,1-2H3,(H,16,17). The molecule has 18 heavy (non-hydrogen) atoms. The molecule has 0 saturated heterocycles. The van der Waals surface area contributed by atoms with E-state index in [1.165, 1.54) is 0 Å². The van der Waals surface area contributed by atoms with Crippen LogP contribution in [0.3, 0.4) is 0 Å². The van der Waals surface area contributed by atoms with E-state index in [1.807, 2.05) is 18.2 Å². The average Bonchev–Trinajstić information content (AvgIpc) is 2.42. The molecule has 0 aromatic heterocycles. The van der Waals surface area contributed by atoms with Gasteiger partial charge in [0.1, 0.15) is 5.75 Å². The molecular formula is C14H22N2O2. The van der Waals surface area contributed by atoms with E-state index in [9.17, 15) is 4.79 Å². The van der Waals surface area contributed by atoms with Gasteiger partial charge >= 0.3 is 6.09 Å². The predicted molar refractivity (Wildman–Crippen MR) is 72.5 cm³/mol. The molecule has 0 radical (unpaired) electrons. The van der Waals surface area contributed by atoms with Crippen LogP contribution in [0.4, 0.5) is 4.79 Å². The van der Waals surface area contributed by atoms with Gasteiger partial charge in [0.15, 0.2) is 0 Å². The van der Waals surface area contributed by atoms with Gasteiger partial charge in [-0.15, -0.1) is 0 Å². The van der Waals surface area contributed by atoms with Crippen LogP contribution < -0.4 is 15.8 Å². The fourth-order valence-corrected chi connectivity index (χ4v) is 1.75. The summed E-state index contributed by atoms with van der Waals surface area (Å²) in [5, 5.41) is 2.78. The zero-order valence-electron chi connectivity index (χ0n) is 11.1. The van der Waals surface area contributed by atoms with Gasteiger partial charge < -0.3 is 15.8 Å². The van der Waals surface area contributed by atoms with Crippen LogP contribution in [0.15, 0.2) is 30.3 Å². The van der Waals surface area contributed by atoms with Crippen molar-refractivity contribution in [2.45, 2.75) is 26.7 Å². The van der Waals surface area contributed by atoms with E-state index in [0.29, 0.717) is 18.8 Å². The molecule has 0 fully saturated rings. The summed E-state index contributed by atoms with van der Waals surface area (Å²) < 4.78 is 5.15. The summed E-state index contributed by atoms with van der Waals surface area (Å²) in [7, 11) is 0. The molecule has 0 bridgehead atoms. The normalized spacial score (nSPS) is 11.1. The number of hydrogen-bond donors (Lipinski definition) is 2. The first-order valence-corrected chi connectivity index (χ1v) is 6.36. The molecular weight excluding hydrogens is 228 g/mol. The zero-order chi connectivity index (χ0) is 13.4. The lowest BCUT2D eigenvalue weighted by atomic mass is 9.82. The molecule has 0 unspecified atom stereocenters. The molecule has 1 aromatic rings. The monoisotopic (exact) mass is 250 g/mol. The Morgan fingerprint density at radius 2 is 1.89 bits per heavy atom. The molecule has 1 rings (SSSR count). The quantitative estimate of drug-likeness (QED) is 0.815. The summed E-state index contributed by atoms with van der Waals surface area (Å²) in [6, 6.07) is 9.01. The number of amides is 1. The van der Waals surface area contributed by atoms with Crippen LogP contribution in [-0.4, -0.2) is 19.2 Å². The van der Waals surface area contributed by atoms with Crippen molar-refractivity contribution in [3.8, 4) is 5.75 Å². The van der Waals surface area contributed by atoms with Crippen LogP contribution in [0.1, 0.15) is 26.7 Å². The number of ether oxygens (including phenoxy) is 1. The topological polar surface area (TPSA) is 64.3 Å². The molecule has 100 valence electrons. The van der Waals surface area contributed by atoms with Crippen molar-refractivity contribution < 1.29 is 9.53 Å². The number of carbonyl (C=O) groups is 1. The van der Waals surface area contributed by atoms with Gasteiger partial charge in [0.25, 0.3) is 0 Å². The maximum absolute atomic E-state index is 11.6. The Labute approximate surface area is 109 Å². The third-order valence-corrected chi connectivity index (χ3v) is 3.49. The summed E-state index contributed by atoms with van der Waals surface area (Å²) in [4.78, 5) is 11.6. The van der Waals surface area contributed by atoms with Crippen LogP contribution in [-0.2, 0) is 0 Å². The minimum absolute atomic E-state index is 0.0320. The van der Waals surface area contributed by atoms with Gasteiger partial charge in [-0.2, -0.15) is 0 Å². The summed E-state index contributed by atoms with van der Waals surface area (Å²) >= 11 is 0. The Bertz CT molecular complexity index is 353. The number of hydrogen-bond acceptors (Lipinski definition) is 3. The van der Waals surface area contributed by atoms with Crippen molar-refractivity contribution in [2.75, 3.05) is 13.1 Å². The van der Waals surface area contributed by atoms with E-state index in [2.05, 4.69) is 19.2 Å². The van der Waals surface area contributed by atoms with E-state index in [1.54, 1.807) is 12.1 Å². The first-order valence-electron chi connectivity index (χ1n) is 6.36. The van der Waals surface area contributed by atoms with Gasteiger partial charge in [-0.1, -0.05) is 32.0 Å². The first-order chi connectivity index (χ1) is 8.65. The average molecular weight is 250 g/mol. The smallest absolute Gasteiger partial charge is 0.410 e. The maximum atomic E-state index is 11.6. The lowest BCUT2D eigenvalue weighted by molar-refractivity contribution is 0.187. The first kappa shape index (κ1) is 14.5. The van der Waals surface area contributed by atoms with E-state index in [-0.39, 0.29) is 5.41 Å². The highest BCUT2D eigenvalue weighted by molar-refractivity contribution is 5.70. The molecule has 4 heteroatoms. The second kappa shape index (κ2) is 7.01. The third-order valence-electron chi connectivity index (χ3n) is 3.49. The largest absolute Gasteiger partial charge is 0.412 e. The molecule has 0 saturated carbocycles. The molecule has 0 aliphatic carbocycles. The number of carbonyl (C=O) groups excluding carboxylic acids is 1. The zero-order valence-corrected chi connectivity index (χ0v) is 11.1. The van der Waals surface area contributed by atoms with Crippen LogP contribution in [0.25, 0.3) is 0 Å².